The molecule has 1 aliphatic rings. The van der Waals surface area contributed by atoms with Gasteiger partial charge in [0.05, 0.1) is 17.2 Å². The summed E-state index contributed by atoms with van der Waals surface area (Å²) >= 11 is 1.57. The molecule has 3 heterocycles. The van der Waals surface area contributed by atoms with Gasteiger partial charge >= 0.3 is 0 Å². The van der Waals surface area contributed by atoms with E-state index in [0.717, 1.165) is 36.5 Å². The summed E-state index contributed by atoms with van der Waals surface area (Å²) in [6, 6.07) is 7.67. The molecule has 1 amide bonds. The minimum Gasteiger partial charge on any atom is -0.476 e. The number of hydrogen-bond acceptors (Lipinski definition) is 5. The van der Waals surface area contributed by atoms with Gasteiger partial charge in [0.1, 0.15) is 0 Å². The fourth-order valence-corrected chi connectivity index (χ4v) is 3.51. The largest absolute Gasteiger partial charge is 0.476 e. The van der Waals surface area contributed by atoms with Gasteiger partial charge < -0.3 is 9.64 Å². The topological polar surface area (TPSA) is 55.3 Å². The first-order chi connectivity index (χ1) is 11.1. The second kappa shape index (κ2) is 7.08. The maximum absolute atomic E-state index is 12.4. The van der Waals surface area contributed by atoms with E-state index in [-0.39, 0.29) is 5.91 Å². The van der Waals surface area contributed by atoms with Crippen LogP contribution in [0.4, 0.5) is 0 Å². The van der Waals surface area contributed by atoms with Crippen molar-refractivity contribution in [2.75, 3.05) is 19.7 Å². The SMILES string of the molecule is Cc1ccc(OCC2CCN(C(=O)c3ccc(C)s3)CC2)nn1. The Labute approximate surface area is 140 Å². The molecule has 0 N–H and O–H groups in total. The summed E-state index contributed by atoms with van der Waals surface area (Å²) in [6.45, 7) is 6.15. The molecular weight excluding hydrogens is 310 g/mol. The Morgan fingerprint density at radius 3 is 2.61 bits per heavy atom. The molecule has 2 aromatic rings. The maximum atomic E-state index is 12.4. The number of carbonyl (C=O) groups is 1. The zero-order valence-electron chi connectivity index (χ0n) is 13.5. The minimum absolute atomic E-state index is 0.159. The van der Waals surface area contributed by atoms with Crippen LogP contribution in [0, 0.1) is 19.8 Å². The maximum Gasteiger partial charge on any atom is 0.263 e. The third-order valence-corrected chi connectivity index (χ3v) is 5.08. The fraction of sp³-hybridized carbons (Fsp3) is 0.471. The van der Waals surface area contributed by atoms with Crippen LogP contribution >= 0.6 is 11.3 Å². The van der Waals surface area contributed by atoms with E-state index < -0.39 is 0 Å². The molecule has 6 heteroatoms. The quantitative estimate of drug-likeness (QED) is 0.864. The Balaban J connectivity index is 1.46. The molecule has 3 rings (SSSR count). The number of piperidine rings is 1. The summed E-state index contributed by atoms with van der Waals surface area (Å²) in [4.78, 5) is 16.4. The molecule has 23 heavy (non-hydrogen) atoms. The fourth-order valence-electron chi connectivity index (χ4n) is 2.67. The van der Waals surface area contributed by atoms with Crippen molar-refractivity contribution in [1.82, 2.24) is 15.1 Å². The summed E-state index contributed by atoms with van der Waals surface area (Å²) in [5.74, 6) is 1.20. The Kier molecular flexibility index (Phi) is 4.91. The van der Waals surface area contributed by atoms with E-state index in [1.54, 1.807) is 11.3 Å². The van der Waals surface area contributed by atoms with Crippen molar-refractivity contribution in [2.24, 2.45) is 5.92 Å². The molecule has 0 atom stereocenters. The number of likely N-dealkylation sites (tertiary alicyclic amines) is 1. The van der Waals surface area contributed by atoms with Gasteiger partial charge in [-0.25, -0.2) is 0 Å². The first kappa shape index (κ1) is 15.9. The first-order valence-corrected chi connectivity index (χ1v) is 8.72. The summed E-state index contributed by atoms with van der Waals surface area (Å²) in [6.07, 6.45) is 1.94. The number of aryl methyl sites for hydroxylation is 2. The first-order valence-electron chi connectivity index (χ1n) is 7.90. The van der Waals surface area contributed by atoms with E-state index in [9.17, 15) is 4.79 Å². The normalized spacial score (nSPS) is 15.7. The number of nitrogens with zero attached hydrogens (tertiary/aromatic N) is 3. The molecule has 0 unspecified atom stereocenters. The van der Waals surface area contributed by atoms with Crippen LogP contribution in [-0.4, -0.2) is 40.7 Å². The van der Waals surface area contributed by atoms with Crippen LogP contribution in [-0.2, 0) is 0 Å². The van der Waals surface area contributed by atoms with Crippen molar-refractivity contribution in [3.05, 3.63) is 39.7 Å². The Morgan fingerprint density at radius 1 is 1.22 bits per heavy atom. The zero-order valence-corrected chi connectivity index (χ0v) is 14.3. The van der Waals surface area contributed by atoms with Crippen LogP contribution in [0.25, 0.3) is 0 Å². The predicted molar refractivity (Wildman–Crippen MR) is 89.9 cm³/mol. The lowest BCUT2D eigenvalue weighted by molar-refractivity contribution is 0.0664. The third-order valence-electron chi connectivity index (χ3n) is 4.09. The second-order valence-corrected chi connectivity index (χ2v) is 7.26. The van der Waals surface area contributed by atoms with E-state index in [0.29, 0.717) is 18.4 Å². The van der Waals surface area contributed by atoms with Crippen LogP contribution < -0.4 is 4.74 Å². The van der Waals surface area contributed by atoms with Crippen molar-refractivity contribution >= 4 is 17.2 Å². The Morgan fingerprint density at radius 2 is 2.00 bits per heavy atom. The molecule has 5 nitrogen and oxygen atoms in total. The molecule has 0 aromatic carbocycles. The summed E-state index contributed by atoms with van der Waals surface area (Å²) in [7, 11) is 0. The van der Waals surface area contributed by atoms with Crippen molar-refractivity contribution in [1.29, 1.82) is 0 Å². The Hall–Kier alpha value is -1.95. The van der Waals surface area contributed by atoms with Gasteiger partial charge in [0, 0.05) is 24.0 Å². The van der Waals surface area contributed by atoms with Gasteiger partial charge in [-0.1, -0.05) is 0 Å². The molecule has 2 aromatic heterocycles. The number of rotatable bonds is 4. The molecule has 0 radical (unpaired) electrons. The minimum atomic E-state index is 0.159. The zero-order chi connectivity index (χ0) is 16.2. The lowest BCUT2D eigenvalue weighted by Crippen LogP contribution is -2.39. The smallest absolute Gasteiger partial charge is 0.263 e. The van der Waals surface area contributed by atoms with Gasteiger partial charge in [-0.05, 0) is 50.8 Å². The number of thiophene rings is 1. The van der Waals surface area contributed by atoms with Crippen LogP contribution in [0.1, 0.15) is 33.1 Å². The number of amides is 1. The molecule has 1 saturated heterocycles. The monoisotopic (exact) mass is 331 g/mol. The summed E-state index contributed by atoms with van der Waals surface area (Å²) in [5, 5.41) is 8.00. The van der Waals surface area contributed by atoms with Crippen LogP contribution in [0.3, 0.4) is 0 Å². The van der Waals surface area contributed by atoms with E-state index >= 15 is 0 Å². The van der Waals surface area contributed by atoms with E-state index in [1.807, 2.05) is 43.0 Å². The van der Waals surface area contributed by atoms with Crippen LogP contribution in [0.2, 0.25) is 0 Å². The molecule has 0 bridgehead atoms. The average Bonchev–Trinajstić information content (AvgIpc) is 3.01. The Bertz CT molecular complexity index is 661. The molecule has 0 spiro atoms. The van der Waals surface area contributed by atoms with Crippen LogP contribution in [0.15, 0.2) is 24.3 Å². The summed E-state index contributed by atoms with van der Waals surface area (Å²) < 4.78 is 5.71. The highest BCUT2D eigenvalue weighted by Crippen LogP contribution is 2.23. The molecule has 0 saturated carbocycles. The molecular formula is C17H21N3O2S. The lowest BCUT2D eigenvalue weighted by Gasteiger charge is -2.31. The van der Waals surface area contributed by atoms with Gasteiger partial charge in [0.15, 0.2) is 0 Å². The van der Waals surface area contributed by atoms with Gasteiger partial charge in [-0.2, -0.15) is 5.10 Å². The van der Waals surface area contributed by atoms with E-state index in [2.05, 4.69) is 10.2 Å². The standard InChI is InChI=1S/C17H21N3O2S/c1-12-3-6-16(19-18-12)22-11-14-7-9-20(10-8-14)17(21)15-5-4-13(2)23-15/h3-6,14H,7-11H2,1-2H3. The second-order valence-electron chi connectivity index (χ2n) is 5.97. The molecule has 1 fully saturated rings. The van der Waals surface area contributed by atoms with Gasteiger partial charge in [0.2, 0.25) is 5.88 Å². The molecule has 1 aliphatic heterocycles. The van der Waals surface area contributed by atoms with Gasteiger partial charge in [-0.3, -0.25) is 4.79 Å². The number of ether oxygens (including phenoxy) is 1. The number of hydrogen-bond donors (Lipinski definition) is 0. The van der Waals surface area contributed by atoms with E-state index in [1.165, 1.54) is 4.88 Å². The van der Waals surface area contributed by atoms with Crippen molar-refractivity contribution in [3.8, 4) is 5.88 Å². The highest BCUT2D eigenvalue weighted by molar-refractivity contribution is 7.13. The third kappa shape index (κ3) is 4.07. The van der Waals surface area contributed by atoms with Crippen LogP contribution in [0.5, 0.6) is 5.88 Å². The van der Waals surface area contributed by atoms with Gasteiger partial charge in [-0.15, -0.1) is 16.4 Å². The highest BCUT2D eigenvalue weighted by atomic mass is 32.1. The van der Waals surface area contributed by atoms with Crippen molar-refractivity contribution < 1.29 is 9.53 Å². The van der Waals surface area contributed by atoms with Gasteiger partial charge in [0.25, 0.3) is 5.91 Å². The van der Waals surface area contributed by atoms with Crippen molar-refractivity contribution in [2.45, 2.75) is 26.7 Å². The van der Waals surface area contributed by atoms with E-state index in [4.69, 9.17) is 4.74 Å². The average molecular weight is 331 g/mol. The molecule has 122 valence electrons. The predicted octanol–water partition coefficient (Wildman–Crippen LogP) is 3.09. The number of aromatic nitrogens is 2. The number of carbonyl (C=O) groups excluding carboxylic acids is 1. The highest BCUT2D eigenvalue weighted by Gasteiger charge is 2.24. The van der Waals surface area contributed by atoms with Crippen molar-refractivity contribution in [3.63, 3.8) is 0 Å². The summed E-state index contributed by atoms with van der Waals surface area (Å²) in [5.41, 5.74) is 0.882. The molecule has 0 aliphatic carbocycles. The lowest BCUT2D eigenvalue weighted by atomic mass is 9.98.